The van der Waals surface area contributed by atoms with E-state index >= 15 is 0 Å². The van der Waals surface area contributed by atoms with Gasteiger partial charge in [-0.1, -0.05) is 19.3 Å². The van der Waals surface area contributed by atoms with E-state index in [4.69, 9.17) is 4.74 Å². The first-order valence-corrected chi connectivity index (χ1v) is 8.88. The number of benzene rings is 1. The topological polar surface area (TPSA) is 56.1 Å². The molecule has 1 fully saturated rings. The van der Waals surface area contributed by atoms with E-state index in [0.29, 0.717) is 11.4 Å². The molecule has 1 aliphatic rings. The van der Waals surface area contributed by atoms with Gasteiger partial charge in [-0.05, 0) is 38.8 Å². The SMILES string of the molecule is Cc1nn(COc2ccc(F)cc2F)c(C)c1NC(=O)C1CCCCC1. The summed E-state index contributed by atoms with van der Waals surface area (Å²) in [5.74, 6) is -1.39. The zero-order valence-electron chi connectivity index (χ0n) is 15.0. The van der Waals surface area contributed by atoms with E-state index in [9.17, 15) is 13.6 Å². The first-order valence-electron chi connectivity index (χ1n) is 8.88. The second kappa shape index (κ2) is 7.85. The van der Waals surface area contributed by atoms with Crippen LogP contribution in [0, 0.1) is 31.4 Å². The van der Waals surface area contributed by atoms with Crippen LogP contribution < -0.4 is 10.1 Å². The van der Waals surface area contributed by atoms with Crippen molar-refractivity contribution in [3.63, 3.8) is 0 Å². The van der Waals surface area contributed by atoms with E-state index in [1.54, 1.807) is 11.6 Å². The number of hydrogen-bond acceptors (Lipinski definition) is 3. The number of halogens is 2. The highest BCUT2D eigenvalue weighted by Crippen LogP contribution is 2.27. The molecule has 0 radical (unpaired) electrons. The molecule has 0 aliphatic heterocycles. The molecule has 1 heterocycles. The predicted molar refractivity (Wildman–Crippen MR) is 93.9 cm³/mol. The lowest BCUT2D eigenvalue weighted by Crippen LogP contribution is -2.25. The minimum absolute atomic E-state index is 0.0287. The molecule has 2 aromatic rings. The monoisotopic (exact) mass is 363 g/mol. The van der Waals surface area contributed by atoms with Crippen LogP contribution in [0.1, 0.15) is 43.5 Å². The van der Waals surface area contributed by atoms with Crippen molar-refractivity contribution < 1.29 is 18.3 Å². The summed E-state index contributed by atoms with van der Waals surface area (Å²) in [5.41, 5.74) is 2.08. The largest absolute Gasteiger partial charge is 0.468 e. The van der Waals surface area contributed by atoms with Gasteiger partial charge in [-0.25, -0.2) is 13.5 Å². The van der Waals surface area contributed by atoms with Crippen LogP contribution in [0.3, 0.4) is 0 Å². The molecule has 7 heteroatoms. The van der Waals surface area contributed by atoms with Crippen LogP contribution in [-0.4, -0.2) is 15.7 Å². The number of carbonyl (C=O) groups is 1. The summed E-state index contributed by atoms with van der Waals surface area (Å²) in [6.45, 7) is 3.59. The Balaban J connectivity index is 1.68. The Kier molecular flexibility index (Phi) is 5.54. The fourth-order valence-electron chi connectivity index (χ4n) is 3.32. The van der Waals surface area contributed by atoms with Gasteiger partial charge in [0.05, 0.1) is 17.1 Å². The maximum atomic E-state index is 13.7. The van der Waals surface area contributed by atoms with E-state index in [0.717, 1.165) is 43.5 Å². The summed E-state index contributed by atoms with van der Waals surface area (Å²) >= 11 is 0. The van der Waals surface area contributed by atoms with Crippen LogP contribution in [0.25, 0.3) is 0 Å². The van der Waals surface area contributed by atoms with Crippen LogP contribution in [0.2, 0.25) is 0 Å². The Morgan fingerprint density at radius 1 is 1.27 bits per heavy atom. The van der Waals surface area contributed by atoms with Gasteiger partial charge in [-0.2, -0.15) is 5.10 Å². The molecule has 1 aromatic heterocycles. The molecule has 0 atom stereocenters. The van der Waals surface area contributed by atoms with Gasteiger partial charge in [0.25, 0.3) is 0 Å². The van der Waals surface area contributed by atoms with Gasteiger partial charge in [0.2, 0.25) is 5.91 Å². The summed E-state index contributed by atoms with van der Waals surface area (Å²) in [5, 5.41) is 7.34. The number of hydrogen-bond donors (Lipinski definition) is 1. The van der Waals surface area contributed by atoms with Crippen molar-refractivity contribution >= 4 is 11.6 Å². The van der Waals surface area contributed by atoms with Gasteiger partial charge in [0, 0.05) is 12.0 Å². The molecular weight excluding hydrogens is 340 g/mol. The Bertz CT molecular complexity index is 798. The summed E-state index contributed by atoms with van der Waals surface area (Å²) in [4.78, 5) is 12.5. The number of nitrogens with zero attached hydrogens (tertiary/aromatic N) is 2. The third kappa shape index (κ3) is 4.03. The number of nitrogens with one attached hydrogen (secondary N) is 1. The standard InChI is InChI=1S/C19H23F2N3O2/c1-12-18(22-19(25)14-6-4-3-5-7-14)13(2)24(23-12)11-26-17-9-8-15(20)10-16(17)21/h8-10,14H,3-7,11H2,1-2H3,(H,22,25). The third-order valence-corrected chi connectivity index (χ3v) is 4.84. The highest BCUT2D eigenvalue weighted by atomic mass is 19.1. The predicted octanol–water partition coefficient (Wildman–Crippen LogP) is 4.33. The second-order valence-corrected chi connectivity index (χ2v) is 6.72. The lowest BCUT2D eigenvalue weighted by molar-refractivity contribution is -0.120. The van der Waals surface area contributed by atoms with E-state index in [1.165, 1.54) is 12.5 Å². The number of rotatable bonds is 5. The minimum atomic E-state index is -0.766. The van der Waals surface area contributed by atoms with Crippen LogP contribution in [-0.2, 0) is 11.5 Å². The molecule has 5 nitrogen and oxygen atoms in total. The van der Waals surface area contributed by atoms with Gasteiger partial charge in [-0.15, -0.1) is 0 Å². The van der Waals surface area contributed by atoms with Crippen LogP contribution in [0.5, 0.6) is 5.75 Å². The van der Waals surface area contributed by atoms with Crippen LogP contribution >= 0.6 is 0 Å². The Morgan fingerprint density at radius 3 is 2.69 bits per heavy atom. The Labute approximate surface area is 151 Å². The van der Waals surface area contributed by atoms with Gasteiger partial charge < -0.3 is 10.1 Å². The fraction of sp³-hybridized carbons (Fsp3) is 0.474. The lowest BCUT2D eigenvalue weighted by Gasteiger charge is -2.20. The summed E-state index contributed by atoms with van der Waals surface area (Å²) in [6.07, 6.45) is 5.21. The van der Waals surface area contributed by atoms with Crippen molar-refractivity contribution in [3.05, 3.63) is 41.2 Å². The van der Waals surface area contributed by atoms with Gasteiger partial charge in [-0.3, -0.25) is 4.79 Å². The number of amides is 1. The highest BCUT2D eigenvalue weighted by Gasteiger charge is 2.23. The maximum absolute atomic E-state index is 13.7. The normalized spacial score (nSPS) is 15.1. The Morgan fingerprint density at radius 2 is 2.00 bits per heavy atom. The minimum Gasteiger partial charge on any atom is -0.468 e. The maximum Gasteiger partial charge on any atom is 0.227 e. The fourth-order valence-corrected chi connectivity index (χ4v) is 3.32. The molecule has 140 valence electrons. The van der Waals surface area contributed by atoms with Crippen molar-refractivity contribution in [1.82, 2.24) is 9.78 Å². The van der Waals surface area contributed by atoms with Crippen LogP contribution in [0.4, 0.5) is 14.5 Å². The van der Waals surface area contributed by atoms with Crippen LogP contribution in [0.15, 0.2) is 18.2 Å². The number of aryl methyl sites for hydroxylation is 1. The third-order valence-electron chi connectivity index (χ3n) is 4.84. The van der Waals surface area contributed by atoms with Crippen molar-refractivity contribution in [2.75, 3.05) is 5.32 Å². The van der Waals surface area contributed by atoms with Gasteiger partial charge in [0.1, 0.15) is 5.82 Å². The first-order chi connectivity index (χ1) is 12.5. The van der Waals surface area contributed by atoms with Crippen molar-refractivity contribution in [3.8, 4) is 5.75 Å². The van der Waals surface area contributed by atoms with Gasteiger partial charge >= 0.3 is 0 Å². The summed E-state index contributed by atoms with van der Waals surface area (Å²) < 4.78 is 33.6. The summed E-state index contributed by atoms with van der Waals surface area (Å²) in [6, 6.07) is 3.14. The summed E-state index contributed by atoms with van der Waals surface area (Å²) in [7, 11) is 0. The van der Waals surface area contributed by atoms with Crippen molar-refractivity contribution in [2.24, 2.45) is 5.92 Å². The van der Waals surface area contributed by atoms with Gasteiger partial charge in [0.15, 0.2) is 18.3 Å². The molecule has 0 spiro atoms. The molecule has 3 rings (SSSR count). The molecule has 1 N–H and O–H groups in total. The van der Waals surface area contributed by atoms with E-state index in [-0.39, 0.29) is 24.3 Å². The van der Waals surface area contributed by atoms with E-state index in [1.807, 2.05) is 6.92 Å². The average Bonchev–Trinajstić information content (AvgIpc) is 2.89. The molecular formula is C19H23F2N3O2. The lowest BCUT2D eigenvalue weighted by atomic mass is 9.88. The molecule has 0 bridgehead atoms. The molecule has 1 amide bonds. The molecule has 26 heavy (non-hydrogen) atoms. The number of aromatic nitrogens is 2. The zero-order valence-corrected chi connectivity index (χ0v) is 15.0. The van der Waals surface area contributed by atoms with Crippen molar-refractivity contribution in [1.29, 1.82) is 0 Å². The molecule has 0 unspecified atom stereocenters. The van der Waals surface area contributed by atoms with E-state index < -0.39 is 11.6 Å². The molecule has 1 aromatic carbocycles. The molecule has 1 saturated carbocycles. The van der Waals surface area contributed by atoms with Crippen molar-refractivity contribution in [2.45, 2.75) is 52.7 Å². The smallest absolute Gasteiger partial charge is 0.227 e. The number of anilines is 1. The quantitative estimate of drug-likeness (QED) is 0.860. The average molecular weight is 363 g/mol. The Hall–Kier alpha value is -2.44. The second-order valence-electron chi connectivity index (χ2n) is 6.72. The van der Waals surface area contributed by atoms with E-state index in [2.05, 4.69) is 10.4 Å². The molecule has 1 aliphatic carbocycles. The zero-order chi connectivity index (χ0) is 18.7. The highest BCUT2D eigenvalue weighted by molar-refractivity contribution is 5.93. The molecule has 0 saturated heterocycles. The first kappa shape index (κ1) is 18.4. The number of carbonyl (C=O) groups excluding carboxylic acids is 1. The number of ether oxygens (including phenoxy) is 1.